The SMILES string of the molecule is COc1ccc2c(C(=O)c3cc(OC)c(OC)c(OC)c3)cn(Cc3cc(-c4ccc([N+](=O)[O-])cc4)co3)c2c1. The smallest absolute Gasteiger partial charge is 0.269 e. The number of furan rings is 1. The Labute approximate surface area is 229 Å². The summed E-state index contributed by atoms with van der Waals surface area (Å²) >= 11 is 0. The predicted octanol–water partition coefficient (Wildman–Crippen LogP) is 6.12. The predicted molar refractivity (Wildman–Crippen MR) is 148 cm³/mol. The van der Waals surface area contributed by atoms with Gasteiger partial charge in [-0.1, -0.05) is 0 Å². The van der Waals surface area contributed by atoms with Crippen LogP contribution < -0.4 is 18.9 Å². The Morgan fingerprint density at radius 2 is 1.57 bits per heavy atom. The summed E-state index contributed by atoms with van der Waals surface area (Å²) in [6.07, 6.45) is 3.38. The highest BCUT2D eigenvalue weighted by atomic mass is 16.6. The van der Waals surface area contributed by atoms with E-state index < -0.39 is 4.92 Å². The van der Waals surface area contributed by atoms with Crippen molar-refractivity contribution in [2.75, 3.05) is 28.4 Å². The Morgan fingerprint density at radius 1 is 0.875 bits per heavy atom. The molecule has 0 atom stereocenters. The standard InChI is InChI=1S/C30H26N2O8/c1-36-22-9-10-24-25(29(33)19-12-27(37-2)30(39-4)28(13-19)38-3)16-31(26(24)14-22)15-23-11-20(17-40-23)18-5-7-21(8-6-18)32(34)35/h5-14,16-17H,15H2,1-4H3. The van der Waals surface area contributed by atoms with Gasteiger partial charge >= 0.3 is 0 Å². The van der Waals surface area contributed by atoms with Crippen molar-refractivity contribution in [2.24, 2.45) is 0 Å². The van der Waals surface area contributed by atoms with Gasteiger partial charge in [0.25, 0.3) is 5.69 Å². The lowest BCUT2D eigenvalue weighted by molar-refractivity contribution is -0.384. The van der Waals surface area contributed by atoms with Crippen LogP contribution in [0.15, 0.2) is 77.5 Å². The maximum Gasteiger partial charge on any atom is 0.269 e. The third kappa shape index (κ3) is 4.82. The third-order valence-electron chi connectivity index (χ3n) is 6.65. The minimum atomic E-state index is -0.438. The number of carbonyl (C=O) groups is 1. The van der Waals surface area contributed by atoms with E-state index in [0.29, 0.717) is 46.4 Å². The lowest BCUT2D eigenvalue weighted by atomic mass is 10.0. The average Bonchev–Trinajstić information content (AvgIpc) is 3.60. The maximum atomic E-state index is 13.8. The Balaban J connectivity index is 1.53. The fourth-order valence-electron chi connectivity index (χ4n) is 4.64. The van der Waals surface area contributed by atoms with Crippen LogP contribution in [-0.2, 0) is 6.54 Å². The van der Waals surface area contributed by atoms with Crippen molar-refractivity contribution in [1.82, 2.24) is 4.57 Å². The minimum absolute atomic E-state index is 0.0181. The van der Waals surface area contributed by atoms with E-state index in [1.54, 1.807) is 49.9 Å². The first-order valence-electron chi connectivity index (χ1n) is 12.2. The van der Waals surface area contributed by atoms with Gasteiger partial charge in [-0.2, -0.15) is 0 Å². The molecule has 10 nitrogen and oxygen atoms in total. The summed E-state index contributed by atoms with van der Waals surface area (Å²) in [7, 11) is 6.08. The monoisotopic (exact) mass is 542 g/mol. The molecule has 40 heavy (non-hydrogen) atoms. The summed E-state index contributed by atoms with van der Waals surface area (Å²) in [5.74, 6) is 2.22. The molecule has 2 aromatic heterocycles. The van der Waals surface area contributed by atoms with Crippen molar-refractivity contribution >= 4 is 22.4 Å². The summed E-state index contributed by atoms with van der Waals surface area (Å²) < 4.78 is 29.5. The zero-order valence-electron chi connectivity index (χ0n) is 22.3. The molecule has 0 spiro atoms. The molecule has 0 unspecified atom stereocenters. The highest BCUT2D eigenvalue weighted by Crippen LogP contribution is 2.39. The number of nitro benzene ring substituents is 1. The van der Waals surface area contributed by atoms with Crippen LogP contribution in [0.1, 0.15) is 21.7 Å². The van der Waals surface area contributed by atoms with Gasteiger partial charge in [0.15, 0.2) is 17.3 Å². The summed E-state index contributed by atoms with van der Waals surface area (Å²) in [5, 5.41) is 11.7. The summed E-state index contributed by atoms with van der Waals surface area (Å²) in [5.41, 5.74) is 3.23. The Kier molecular flexibility index (Phi) is 7.15. The fraction of sp³-hybridized carbons (Fsp3) is 0.167. The van der Waals surface area contributed by atoms with Gasteiger partial charge in [-0.15, -0.1) is 0 Å². The number of hydrogen-bond donors (Lipinski definition) is 0. The molecule has 3 aromatic carbocycles. The Hall–Kier alpha value is -5.25. The molecule has 10 heteroatoms. The molecule has 0 amide bonds. The molecule has 2 heterocycles. The van der Waals surface area contributed by atoms with E-state index in [-0.39, 0.29) is 11.5 Å². The van der Waals surface area contributed by atoms with E-state index >= 15 is 0 Å². The van der Waals surface area contributed by atoms with Gasteiger partial charge in [0, 0.05) is 46.5 Å². The molecule has 5 aromatic rings. The Bertz CT molecular complexity index is 1690. The van der Waals surface area contributed by atoms with Crippen molar-refractivity contribution < 1.29 is 33.1 Å². The van der Waals surface area contributed by atoms with E-state index in [2.05, 4.69) is 0 Å². The van der Waals surface area contributed by atoms with Crippen molar-refractivity contribution in [2.45, 2.75) is 6.54 Å². The summed E-state index contributed by atoms with van der Waals surface area (Å²) in [4.78, 5) is 24.4. The van der Waals surface area contributed by atoms with Gasteiger partial charge in [-0.3, -0.25) is 14.9 Å². The number of fused-ring (bicyclic) bond motifs is 1. The van der Waals surface area contributed by atoms with Crippen molar-refractivity contribution in [1.29, 1.82) is 0 Å². The first kappa shape index (κ1) is 26.4. The normalized spacial score (nSPS) is 10.9. The molecule has 0 bridgehead atoms. The third-order valence-corrected chi connectivity index (χ3v) is 6.65. The highest BCUT2D eigenvalue weighted by Gasteiger charge is 2.22. The zero-order valence-corrected chi connectivity index (χ0v) is 22.3. The second-order valence-electron chi connectivity index (χ2n) is 8.90. The molecular weight excluding hydrogens is 516 g/mol. The molecule has 0 N–H and O–H groups in total. The topological polar surface area (TPSA) is 115 Å². The lowest BCUT2D eigenvalue weighted by Gasteiger charge is -2.13. The highest BCUT2D eigenvalue weighted by molar-refractivity contribution is 6.17. The van der Waals surface area contributed by atoms with Crippen molar-refractivity contribution in [3.05, 3.63) is 100 Å². The summed E-state index contributed by atoms with van der Waals surface area (Å²) in [6, 6.07) is 16.9. The number of benzene rings is 3. The molecule has 0 aliphatic heterocycles. The number of nitrogens with zero attached hydrogens (tertiary/aromatic N) is 2. The number of carbonyl (C=O) groups excluding carboxylic acids is 1. The number of aromatic nitrogens is 1. The van der Waals surface area contributed by atoms with Gasteiger partial charge in [-0.25, -0.2) is 0 Å². The zero-order chi connectivity index (χ0) is 28.4. The second kappa shape index (κ2) is 10.9. The molecule has 0 saturated heterocycles. The number of ether oxygens (including phenoxy) is 4. The summed E-state index contributed by atoms with van der Waals surface area (Å²) in [6.45, 7) is 0.333. The van der Waals surface area contributed by atoms with Gasteiger partial charge < -0.3 is 27.9 Å². The average molecular weight is 543 g/mol. The quantitative estimate of drug-likeness (QED) is 0.118. The van der Waals surface area contributed by atoms with Crippen LogP contribution in [0.4, 0.5) is 5.69 Å². The van der Waals surface area contributed by atoms with Crippen LogP contribution >= 0.6 is 0 Å². The van der Waals surface area contributed by atoms with Crippen LogP contribution in [0.3, 0.4) is 0 Å². The molecule has 5 rings (SSSR count). The first-order valence-corrected chi connectivity index (χ1v) is 12.2. The number of hydrogen-bond acceptors (Lipinski definition) is 8. The minimum Gasteiger partial charge on any atom is -0.497 e. The number of ketones is 1. The number of nitro groups is 1. The van der Waals surface area contributed by atoms with E-state index in [1.807, 2.05) is 22.8 Å². The van der Waals surface area contributed by atoms with E-state index in [4.69, 9.17) is 23.4 Å². The van der Waals surface area contributed by atoms with Gasteiger partial charge in [0.05, 0.1) is 51.7 Å². The van der Waals surface area contributed by atoms with Crippen molar-refractivity contribution in [3.8, 4) is 34.1 Å². The van der Waals surface area contributed by atoms with Crippen LogP contribution in [-0.4, -0.2) is 43.7 Å². The van der Waals surface area contributed by atoms with Crippen LogP contribution in [0.2, 0.25) is 0 Å². The molecular formula is C30H26N2O8. The lowest BCUT2D eigenvalue weighted by Crippen LogP contribution is -2.04. The molecule has 204 valence electrons. The molecule has 0 fully saturated rings. The number of methoxy groups -OCH3 is 4. The number of rotatable bonds is 10. The van der Waals surface area contributed by atoms with Crippen LogP contribution in [0.5, 0.6) is 23.0 Å². The molecule has 0 radical (unpaired) electrons. The number of non-ortho nitro benzene ring substituents is 1. The molecule has 0 saturated carbocycles. The maximum absolute atomic E-state index is 13.8. The molecule has 0 aliphatic carbocycles. The van der Waals surface area contributed by atoms with Gasteiger partial charge in [0.2, 0.25) is 5.75 Å². The van der Waals surface area contributed by atoms with E-state index in [9.17, 15) is 14.9 Å². The van der Waals surface area contributed by atoms with Crippen molar-refractivity contribution in [3.63, 3.8) is 0 Å². The van der Waals surface area contributed by atoms with Crippen LogP contribution in [0.25, 0.3) is 22.0 Å². The van der Waals surface area contributed by atoms with Gasteiger partial charge in [-0.05, 0) is 48.0 Å². The Morgan fingerprint density at radius 3 is 2.17 bits per heavy atom. The van der Waals surface area contributed by atoms with Gasteiger partial charge in [0.1, 0.15) is 11.5 Å². The van der Waals surface area contributed by atoms with E-state index in [1.165, 1.54) is 33.5 Å². The first-order chi connectivity index (χ1) is 19.4. The van der Waals surface area contributed by atoms with E-state index in [0.717, 1.165) is 22.0 Å². The largest absolute Gasteiger partial charge is 0.497 e. The van der Waals surface area contributed by atoms with Crippen LogP contribution in [0, 0.1) is 10.1 Å². The molecule has 0 aliphatic rings. The second-order valence-corrected chi connectivity index (χ2v) is 8.90. The fourth-order valence-corrected chi connectivity index (χ4v) is 4.64.